The molecular weight excluding hydrogens is 358 g/mol. The van der Waals surface area contributed by atoms with Crippen molar-refractivity contribution in [1.29, 1.82) is 0 Å². The Balaban J connectivity index is 1.61. The average molecular weight is 378 g/mol. The predicted octanol–water partition coefficient (Wildman–Crippen LogP) is 1.74. The van der Waals surface area contributed by atoms with Gasteiger partial charge >= 0.3 is 5.97 Å². The van der Waals surface area contributed by atoms with E-state index in [1.807, 2.05) is 4.90 Å². The zero-order valence-corrected chi connectivity index (χ0v) is 15.1. The van der Waals surface area contributed by atoms with Crippen molar-refractivity contribution in [2.75, 3.05) is 32.1 Å². The van der Waals surface area contributed by atoms with Gasteiger partial charge in [-0.15, -0.1) is 0 Å². The number of esters is 1. The van der Waals surface area contributed by atoms with Crippen LogP contribution in [-0.4, -0.2) is 58.3 Å². The van der Waals surface area contributed by atoms with Gasteiger partial charge in [0.05, 0.1) is 30.9 Å². The number of amides is 1. The Bertz CT molecular complexity index is 773. The number of nitrogens with one attached hydrogen (secondary N) is 1. The molecule has 1 aromatic carbocycles. The predicted molar refractivity (Wildman–Crippen MR) is 96.2 cm³/mol. The van der Waals surface area contributed by atoms with E-state index in [9.17, 15) is 9.59 Å². The Kier molecular flexibility index (Phi) is 5.85. The van der Waals surface area contributed by atoms with E-state index in [-0.39, 0.29) is 24.3 Å². The Morgan fingerprint density at radius 1 is 1.35 bits per heavy atom. The smallest absolute Gasteiger partial charge is 0.308 e. The Morgan fingerprint density at radius 2 is 2.12 bits per heavy atom. The molecule has 8 nitrogen and oxygen atoms in total. The molecule has 1 amide bonds. The second-order valence-electron chi connectivity index (χ2n) is 6.12. The fourth-order valence-electron chi connectivity index (χ4n) is 3.03. The largest absolute Gasteiger partial charge is 0.469 e. The molecule has 0 aliphatic carbocycles. The van der Waals surface area contributed by atoms with Crippen molar-refractivity contribution in [3.8, 4) is 5.69 Å². The number of hydrogen-bond acceptors (Lipinski definition) is 6. The van der Waals surface area contributed by atoms with Gasteiger partial charge in [0, 0.05) is 5.02 Å². The summed E-state index contributed by atoms with van der Waals surface area (Å²) in [6, 6.07) is 5.18. The fourth-order valence-corrected chi connectivity index (χ4v) is 3.20. The van der Waals surface area contributed by atoms with Gasteiger partial charge in [0.2, 0.25) is 5.91 Å². The summed E-state index contributed by atoms with van der Waals surface area (Å²) < 4.78 is 6.35. The maximum atomic E-state index is 12.5. The van der Waals surface area contributed by atoms with E-state index in [0.29, 0.717) is 42.3 Å². The van der Waals surface area contributed by atoms with E-state index in [2.05, 4.69) is 15.4 Å². The van der Waals surface area contributed by atoms with Crippen LogP contribution in [0.1, 0.15) is 12.8 Å². The highest BCUT2D eigenvalue weighted by Crippen LogP contribution is 2.24. The number of hydrogen-bond donors (Lipinski definition) is 1. The quantitative estimate of drug-likeness (QED) is 0.798. The third-order valence-electron chi connectivity index (χ3n) is 4.39. The van der Waals surface area contributed by atoms with E-state index < -0.39 is 0 Å². The van der Waals surface area contributed by atoms with Crippen LogP contribution in [0.4, 0.5) is 5.69 Å². The Labute approximate surface area is 156 Å². The van der Waals surface area contributed by atoms with Gasteiger partial charge in [-0.25, -0.2) is 9.67 Å². The zero-order valence-electron chi connectivity index (χ0n) is 14.4. The number of likely N-dealkylation sites (tertiary alicyclic amines) is 1. The van der Waals surface area contributed by atoms with Gasteiger partial charge in [0.15, 0.2) is 0 Å². The van der Waals surface area contributed by atoms with Crippen molar-refractivity contribution in [2.24, 2.45) is 5.92 Å². The molecule has 0 saturated carbocycles. The van der Waals surface area contributed by atoms with Crippen LogP contribution >= 0.6 is 11.6 Å². The van der Waals surface area contributed by atoms with Crippen molar-refractivity contribution in [3.05, 3.63) is 35.9 Å². The minimum atomic E-state index is -0.175. The normalized spacial score (nSPS) is 15.6. The summed E-state index contributed by atoms with van der Waals surface area (Å²) in [7, 11) is 1.40. The van der Waals surface area contributed by atoms with Crippen molar-refractivity contribution in [3.63, 3.8) is 0 Å². The number of piperidine rings is 1. The molecule has 1 saturated heterocycles. The van der Waals surface area contributed by atoms with E-state index in [4.69, 9.17) is 16.3 Å². The molecule has 1 fully saturated rings. The summed E-state index contributed by atoms with van der Waals surface area (Å²) in [5.74, 6) is -0.401. The van der Waals surface area contributed by atoms with E-state index >= 15 is 0 Å². The summed E-state index contributed by atoms with van der Waals surface area (Å²) in [5.41, 5.74) is 1.25. The Morgan fingerprint density at radius 3 is 2.77 bits per heavy atom. The number of benzene rings is 1. The molecule has 0 bridgehead atoms. The first-order chi connectivity index (χ1) is 12.6. The highest BCUT2D eigenvalue weighted by atomic mass is 35.5. The summed E-state index contributed by atoms with van der Waals surface area (Å²) in [6.45, 7) is 1.61. The summed E-state index contributed by atoms with van der Waals surface area (Å²) in [6.07, 6.45) is 4.37. The van der Waals surface area contributed by atoms with Crippen LogP contribution in [0.2, 0.25) is 5.02 Å². The third kappa shape index (κ3) is 4.39. The molecule has 0 spiro atoms. The SMILES string of the molecule is COC(=O)C1CCN(CC(=O)Nc2cc(Cl)ccc2-n2cncn2)CC1. The molecule has 3 rings (SSSR count). The molecule has 0 atom stereocenters. The molecule has 2 aromatic rings. The molecule has 1 N–H and O–H groups in total. The first-order valence-electron chi connectivity index (χ1n) is 8.31. The van der Waals surface area contributed by atoms with Crippen molar-refractivity contribution in [1.82, 2.24) is 19.7 Å². The standard InChI is InChI=1S/C17H20ClN5O3/c1-26-17(25)12-4-6-22(7-5-12)9-16(24)21-14-8-13(18)2-3-15(14)23-11-19-10-20-23/h2-3,8,10-12H,4-7,9H2,1H3,(H,21,24). The average Bonchev–Trinajstić information content (AvgIpc) is 3.16. The van der Waals surface area contributed by atoms with E-state index in [1.54, 1.807) is 29.2 Å². The second kappa shape index (κ2) is 8.29. The van der Waals surface area contributed by atoms with Gasteiger partial charge in [-0.3, -0.25) is 14.5 Å². The number of aromatic nitrogens is 3. The van der Waals surface area contributed by atoms with Gasteiger partial charge in [-0.1, -0.05) is 11.6 Å². The van der Waals surface area contributed by atoms with Crippen LogP contribution in [0.5, 0.6) is 0 Å². The Hall–Kier alpha value is -2.45. The van der Waals surface area contributed by atoms with Crippen LogP contribution in [0.3, 0.4) is 0 Å². The van der Waals surface area contributed by atoms with Crippen molar-refractivity contribution in [2.45, 2.75) is 12.8 Å². The number of carbonyl (C=O) groups is 2. The van der Waals surface area contributed by atoms with Gasteiger partial charge < -0.3 is 10.1 Å². The lowest BCUT2D eigenvalue weighted by Crippen LogP contribution is -2.41. The number of carbonyl (C=O) groups excluding carboxylic acids is 2. The lowest BCUT2D eigenvalue weighted by Gasteiger charge is -2.30. The number of rotatable bonds is 5. The monoisotopic (exact) mass is 377 g/mol. The molecule has 0 unspecified atom stereocenters. The van der Waals surface area contributed by atoms with Crippen LogP contribution in [0, 0.1) is 5.92 Å². The second-order valence-corrected chi connectivity index (χ2v) is 6.56. The molecule has 9 heteroatoms. The molecule has 138 valence electrons. The zero-order chi connectivity index (χ0) is 18.5. The molecular formula is C17H20ClN5O3. The fraction of sp³-hybridized carbons (Fsp3) is 0.412. The minimum absolute atomic E-state index is 0.0776. The minimum Gasteiger partial charge on any atom is -0.469 e. The maximum absolute atomic E-state index is 12.5. The molecule has 1 aliphatic heterocycles. The van der Waals surface area contributed by atoms with Gasteiger partial charge in [-0.2, -0.15) is 5.10 Å². The number of ether oxygens (including phenoxy) is 1. The first-order valence-corrected chi connectivity index (χ1v) is 8.69. The highest BCUT2D eigenvalue weighted by Gasteiger charge is 2.26. The van der Waals surface area contributed by atoms with E-state index in [0.717, 1.165) is 0 Å². The van der Waals surface area contributed by atoms with Crippen molar-refractivity contribution >= 4 is 29.2 Å². The lowest BCUT2D eigenvalue weighted by atomic mass is 9.97. The molecule has 26 heavy (non-hydrogen) atoms. The van der Waals surface area contributed by atoms with E-state index in [1.165, 1.54) is 13.4 Å². The van der Waals surface area contributed by atoms with Gasteiger partial charge in [0.25, 0.3) is 0 Å². The summed E-state index contributed by atoms with van der Waals surface area (Å²) in [5, 5.41) is 7.49. The summed E-state index contributed by atoms with van der Waals surface area (Å²) >= 11 is 6.06. The van der Waals surface area contributed by atoms with Gasteiger partial charge in [0.1, 0.15) is 12.7 Å². The molecule has 0 radical (unpaired) electrons. The number of methoxy groups -OCH3 is 1. The molecule has 1 aliphatic rings. The van der Waals surface area contributed by atoms with Crippen molar-refractivity contribution < 1.29 is 14.3 Å². The number of nitrogens with zero attached hydrogens (tertiary/aromatic N) is 4. The topological polar surface area (TPSA) is 89.4 Å². The lowest BCUT2D eigenvalue weighted by molar-refractivity contribution is -0.147. The van der Waals surface area contributed by atoms with Crippen LogP contribution < -0.4 is 5.32 Å². The van der Waals surface area contributed by atoms with Crippen LogP contribution in [0.15, 0.2) is 30.9 Å². The first kappa shape index (κ1) is 18.3. The van der Waals surface area contributed by atoms with Crippen LogP contribution in [-0.2, 0) is 14.3 Å². The molecule has 2 heterocycles. The third-order valence-corrected chi connectivity index (χ3v) is 4.62. The molecule has 1 aromatic heterocycles. The maximum Gasteiger partial charge on any atom is 0.308 e. The number of anilines is 1. The van der Waals surface area contributed by atoms with Gasteiger partial charge in [-0.05, 0) is 44.1 Å². The highest BCUT2D eigenvalue weighted by molar-refractivity contribution is 6.31. The summed E-state index contributed by atoms with van der Waals surface area (Å²) in [4.78, 5) is 30.0. The van der Waals surface area contributed by atoms with Crippen LogP contribution in [0.25, 0.3) is 5.69 Å². The number of halogens is 1.